The maximum Gasteiger partial charge on any atom is 0.125 e. The zero-order chi connectivity index (χ0) is 12.3. The third kappa shape index (κ3) is 3.20. The molecule has 1 unspecified atom stereocenters. The van der Waals surface area contributed by atoms with E-state index >= 15 is 0 Å². The lowest BCUT2D eigenvalue weighted by Gasteiger charge is -2.25. The van der Waals surface area contributed by atoms with Crippen LogP contribution in [0, 0.1) is 6.92 Å². The first-order chi connectivity index (χ1) is 8.16. The summed E-state index contributed by atoms with van der Waals surface area (Å²) in [5, 5.41) is 9.75. The number of benzene rings is 1. The van der Waals surface area contributed by atoms with E-state index in [1.165, 1.54) is 0 Å². The minimum absolute atomic E-state index is 0.115. The lowest BCUT2D eigenvalue weighted by Crippen LogP contribution is -2.28. The maximum absolute atomic E-state index is 9.75. The van der Waals surface area contributed by atoms with Crippen molar-refractivity contribution in [2.75, 3.05) is 13.2 Å². The highest BCUT2D eigenvalue weighted by Crippen LogP contribution is 2.28. The summed E-state index contributed by atoms with van der Waals surface area (Å²) in [6.45, 7) is 5.25. The van der Waals surface area contributed by atoms with Crippen molar-refractivity contribution in [1.82, 2.24) is 0 Å². The molecule has 1 N–H and O–H groups in total. The smallest absolute Gasteiger partial charge is 0.125 e. The number of aryl methyl sites for hydroxylation is 1. The predicted octanol–water partition coefficient (Wildman–Crippen LogP) is 2.61. The summed E-state index contributed by atoms with van der Waals surface area (Å²) in [6, 6.07) is 5.92. The van der Waals surface area contributed by atoms with Gasteiger partial charge in [-0.3, -0.25) is 0 Å². The van der Waals surface area contributed by atoms with E-state index in [-0.39, 0.29) is 6.10 Å². The second-order valence-corrected chi connectivity index (χ2v) is 4.67. The van der Waals surface area contributed by atoms with Gasteiger partial charge in [0.25, 0.3) is 0 Å². The first-order valence-corrected chi connectivity index (χ1v) is 6.20. The van der Waals surface area contributed by atoms with Crippen LogP contribution in [0.3, 0.4) is 0 Å². The minimum atomic E-state index is -0.505. The number of hydrogen-bond donors (Lipinski definition) is 1. The van der Waals surface area contributed by atoms with Gasteiger partial charge >= 0.3 is 0 Å². The molecule has 3 heteroatoms. The van der Waals surface area contributed by atoms with Crippen LogP contribution in [0.2, 0.25) is 0 Å². The summed E-state index contributed by atoms with van der Waals surface area (Å²) >= 11 is 0. The van der Waals surface area contributed by atoms with Crippen LogP contribution in [0.25, 0.3) is 0 Å². The van der Waals surface area contributed by atoms with E-state index in [2.05, 4.69) is 0 Å². The van der Waals surface area contributed by atoms with Gasteiger partial charge < -0.3 is 14.6 Å². The Morgan fingerprint density at radius 3 is 2.94 bits per heavy atom. The standard InChI is InChI=1S/C14H20O3/c1-10-5-6-14(13(8-10)11(2)15)17-12-4-3-7-16-9-12/h5-6,8,11-12,15H,3-4,7,9H2,1-2H3/t11-,12?/m0/s1. The molecule has 3 nitrogen and oxygen atoms in total. The van der Waals surface area contributed by atoms with Crippen LogP contribution in [0.5, 0.6) is 5.75 Å². The predicted molar refractivity (Wildman–Crippen MR) is 66.3 cm³/mol. The molecule has 1 saturated heterocycles. The molecule has 17 heavy (non-hydrogen) atoms. The third-order valence-electron chi connectivity index (χ3n) is 3.03. The fourth-order valence-electron chi connectivity index (χ4n) is 2.09. The quantitative estimate of drug-likeness (QED) is 0.876. The van der Waals surface area contributed by atoms with Crippen molar-refractivity contribution in [3.63, 3.8) is 0 Å². The lowest BCUT2D eigenvalue weighted by atomic mass is 10.1. The van der Waals surface area contributed by atoms with Crippen LogP contribution in [0.15, 0.2) is 18.2 Å². The Hall–Kier alpha value is -1.06. The Morgan fingerprint density at radius 2 is 2.29 bits per heavy atom. The van der Waals surface area contributed by atoms with E-state index in [0.717, 1.165) is 36.3 Å². The molecule has 1 aromatic rings. The van der Waals surface area contributed by atoms with Gasteiger partial charge in [-0.1, -0.05) is 11.6 Å². The molecule has 0 aromatic heterocycles. The fourth-order valence-corrected chi connectivity index (χ4v) is 2.09. The van der Waals surface area contributed by atoms with Gasteiger partial charge in [0.15, 0.2) is 0 Å². The van der Waals surface area contributed by atoms with E-state index < -0.39 is 6.10 Å². The van der Waals surface area contributed by atoms with Crippen molar-refractivity contribution >= 4 is 0 Å². The Bertz CT molecular complexity index is 368. The second-order valence-electron chi connectivity index (χ2n) is 4.67. The molecule has 0 radical (unpaired) electrons. The number of aliphatic hydroxyl groups is 1. The Morgan fingerprint density at radius 1 is 1.47 bits per heavy atom. The molecule has 0 bridgehead atoms. The van der Waals surface area contributed by atoms with Gasteiger partial charge in [-0.05, 0) is 38.8 Å². The van der Waals surface area contributed by atoms with Crippen molar-refractivity contribution < 1.29 is 14.6 Å². The number of rotatable bonds is 3. The van der Waals surface area contributed by atoms with E-state index in [1.807, 2.05) is 25.1 Å². The van der Waals surface area contributed by atoms with Crippen LogP contribution in [-0.4, -0.2) is 24.4 Å². The largest absolute Gasteiger partial charge is 0.488 e. The van der Waals surface area contributed by atoms with Crippen LogP contribution in [-0.2, 0) is 4.74 Å². The van der Waals surface area contributed by atoms with Crippen molar-refractivity contribution in [3.05, 3.63) is 29.3 Å². The van der Waals surface area contributed by atoms with Crippen LogP contribution in [0.4, 0.5) is 0 Å². The second kappa shape index (κ2) is 5.52. The SMILES string of the molecule is Cc1ccc(OC2CCCOC2)c([C@H](C)O)c1. The highest BCUT2D eigenvalue weighted by atomic mass is 16.5. The Labute approximate surface area is 102 Å². The Balaban J connectivity index is 2.13. The molecule has 2 atom stereocenters. The maximum atomic E-state index is 9.75. The fraction of sp³-hybridized carbons (Fsp3) is 0.571. The van der Waals surface area contributed by atoms with Crippen LogP contribution < -0.4 is 4.74 Å². The molecule has 94 valence electrons. The molecule has 0 saturated carbocycles. The molecule has 1 heterocycles. The van der Waals surface area contributed by atoms with E-state index in [1.54, 1.807) is 6.92 Å². The summed E-state index contributed by atoms with van der Waals surface area (Å²) in [7, 11) is 0. The average molecular weight is 236 g/mol. The molecular weight excluding hydrogens is 216 g/mol. The van der Waals surface area contributed by atoms with Gasteiger partial charge in [0.05, 0.1) is 12.7 Å². The van der Waals surface area contributed by atoms with Gasteiger partial charge in [0.2, 0.25) is 0 Å². The average Bonchev–Trinajstić information content (AvgIpc) is 2.32. The van der Waals surface area contributed by atoms with Gasteiger partial charge in [-0.2, -0.15) is 0 Å². The number of aliphatic hydroxyl groups excluding tert-OH is 1. The molecular formula is C14H20O3. The molecule has 1 aliphatic rings. The zero-order valence-electron chi connectivity index (χ0n) is 10.5. The lowest BCUT2D eigenvalue weighted by molar-refractivity contribution is 0.00613. The van der Waals surface area contributed by atoms with E-state index in [9.17, 15) is 5.11 Å². The zero-order valence-corrected chi connectivity index (χ0v) is 10.5. The first kappa shape index (κ1) is 12.4. The summed E-state index contributed by atoms with van der Waals surface area (Å²) in [4.78, 5) is 0. The molecule has 2 rings (SSSR count). The Kier molecular flexibility index (Phi) is 4.02. The van der Waals surface area contributed by atoms with Crippen LogP contribution in [0.1, 0.15) is 37.0 Å². The number of ether oxygens (including phenoxy) is 2. The van der Waals surface area contributed by atoms with Gasteiger partial charge in [-0.25, -0.2) is 0 Å². The van der Waals surface area contributed by atoms with Gasteiger partial charge in [-0.15, -0.1) is 0 Å². The summed E-state index contributed by atoms with van der Waals surface area (Å²) in [5.74, 6) is 0.779. The van der Waals surface area contributed by atoms with E-state index in [4.69, 9.17) is 9.47 Å². The summed E-state index contributed by atoms with van der Waals surface area (Å²) in [5.41, 5.74) is 1.99. The molecule has 1 fully saturated rings. The van der Waals surface area contributed by atoms with Crippen molar-refractivity contribution in [2.24, 2.45) is 0 Å². The molecule has 0 aliphatic carbocycles. The van der Waals surface area contributed by atoms with E-state index in [0.29, 0.717) is 6.61 Å². The van der Waals surface area contributed by atoms with Gasteiger partial charge in [0, 0.05) is 12.2 Å². The summed E-state index contributed by atoms with van der Waals surface area (Å²) in [6.07, 6.45) is 1.67. The normalized spacial score (nSPS) is 22.2. The van der Waals surface area contributed by atoms with Crippen LogP contribution >= 0.6 is 0 Å². The van der Waals surface area contributed by atoms with Crippen molar-refractivity contribution in [2.45, 2.75) is 38.9 Å². The first-order valence-electron chi connectivity index (χ1n) is 6.20. The van der Waals surface area contributed by atoms with Crippen molar-refractivity contribution in [1.29, 1.82) is 0 Å². The molecule has 0 spiro atoms. The summed E-state index contributed by atoms with van der Waals surface area (Å²) < 4.78 is 11.3. The molecule has 0 amide bonds. The highest BCUT2D eigenvalue weighted by molar-refractivity contribution is 5.38. The highest BCUT2D eigenvalue weighted by Gasteiger charge is 2.18. The topological polar surface area (TPSA) is 38.7 Å². The monoisotopic (exact) mass is 236 g/mol. The molecule has 1 aliphatic heterocycles. The number of hydrogen-bond acceptors (Lipinski definition) is 3. The van der Waals surface area contributed by atoms with Crippen molar-refractivity contribution in [3.8, 4) is 5.75 Å². The minimum Gasteiger partial charge on any atom is -0.488 e. The van der Waals surface area contributed by atoms with Gasteiger partial charge in [0.1, 0.15) is 11.9 Å². The molecule has 1 aromatic carbocycles. The third-order valence-corrected chi connectivity index (χ3v) is 3.03.